The highest BCUT2D eigenvalue weighted by molar-refractivity contribution is 4.85. The number of methoxy groups -OCH3 is 1. The first-order valence-electron chi connectivity index (χ1n) is 8.46. The summed E-state index contributed by atoms with van der Waals surface area (Å²) in [6.07, 6.45) is 9.18. The van der Waals surface area contributed by atoms with Crippen LogP contribution < -0.4 is 5.32 Å². The van der Waals surface area contributed by atoms with E-state index >= 15 is 0 Å². The minimum Gasteiger partial charge on any atom is -0.385 e. The molecule has 0 spiro atoms. The second kappa shape index (κ2) is 10.6. The van der Waals surface area contributed by atoms with Gasteiger partial charge in [0.05, 0.1) is 0 Å². The van der Waals surface area contributed by atoms with E-state index in [1.165, 1.54) is 45.1 Å². The smallest absolute Gasteiger partial charge is 0.0487 e. The summed E-state index contributed by atoms with van der Waals surface area (Å²) < 4.78 is 10.8. The molecule has 1 rings (SSSR count). The van der Waals surface area contributed by atoms with Crippen molar-refractivity contribution in [3.63, 3.8) is 0 Å². The lowest BCUT2D eigenvalue weighted by Gasteiger charge is -2.38. The van der Waals surface area contributed by atoms with Gasteiger partial charge in [-0.1, -0.05) is 33.1 Å². The lowest BCUT2D eigenvalue weighted by atomic mass is 9.72. The molecule has 0 saturated heterocycles. The van der Waals surface area contributed by atoms with E-state index in [1.807, 2.05) is 0 Å². The maximum Gasteiger partial charge on any atom is 0.0487 e. The van der Waals surface area contributed by atoms with Gasteiger partial charge in [-0.05, 0) is 43.6 Å². The minimum atomic E-state index is 0.494. The summed E-state index contributed by atoms with van der Waals surface area (Å²) in [5, 5.41) is 3.68. The standard InChI is InChI=1S/C17H35NO2/c1-16(2)14-18-15-17(8-5-4-6-9-17)10-13-20-12-7-11-19-3/h16,18H,4-15H2,1-3H3. The third-order valence-electron chi connectivity index (χ3n) is 4.38. The van der Waals surface area contributed by atoms with Crippen molar-refractivity contribution in [1.82, 2.24) is 5.32 Å². The molecular formula is C17H35NO2. The minimum absolute atomic E-state index is 0.494. The van der Waals surface area contributed by atoms with E-state index in [1.54, 1.807) is 7.11 Å². The topological polar surface area (TPSA) is 30.5 Å². The van der Waals surface area contributed by atoms with Crippen molar-refractivity contribution in [2.24, 2.45) is 11.3 Å². The second-order valence-corrected chi connectivity index (χ2v) is 6.79. The van der Waals surface area contributed by atoms with Crippen molar-refractivity contribution in [3.8, 4) is 0 Å². The SMILES string of the molecule is COCCCOCCC1(CNCC(C)C)CCCCC1. The van der Waals surface area contributed by atoms with Gasteiger partial charge in [0, 0.05) is 33.5 Å². The summed E-state index contributed by atoms with van der Waals surface area (Å²) in [7, 11) is 1.75. The van der Waals surface area contributed by atoms with Gasteiger partial charge in [-0.25, -0.2) is 0 Å². The zero-order valence-electron chi connectivity index (χ0n) is 13.9. The van der Waals surface area contributed by atoms with Gasteiger partial charge in [-0.2, -0.15) is 0 Å². The summed E-state index contributed by atoms with van der Waals surface area (Å²) in [6, 6.07) is 0. The molecule has 0 unspecified atom stereocenters. The van der Waals surface area contributed by atoms with Crippen LogP contribution >= 0.6 is 0 Å². The van der Waals surface area contributed by atoms with E-state index in [9.17, 15) is 0 Å². The molecule has 0 aromatic carbocycles. The van der Waals surface area contributed by atoms with Gasteiger partial charge in [0.15, 0.2) is 0 Å². The Kier molecular flexibility index (Phi) is 9.49. The van der Waals surface area contributed by atoms with Crippen LogP contribution in [-0.4, -0.2) is 40.0 Å². The molecule has 0 atom stereocenters. The molecule has 120 valence electrons. The van der Waals surface area contributed by atoms with E-state index in [4.69, 9.17) is 9.47 Å². The first kappa shape index (κ1) is 17.9. The van der Waals surface area contributed by atoms with Gasteiger partial charge in [0.1, 0.15) is 0 Å². The summed E-state index contributed by atoms with van der Waals surface area (Å²) in [6.45, 7) is 9.42. The fourth-order valence-corrected chi connectivity index (χ4v) is 3.14. The fraction of sp³-hybridized carbons (Fsp3) is 1.00. The van der Waals surface area contributed by atoms with Crippen molar-refractivity contribution in [2.75, 3.05) is 40.0 Å². The number of rotatable bonds is 11. The van der Waals surface area contributed by atoms with Crippen LogP contribution in [0.25, 0.3) is 0 Å². The molecule has 1 aliphatic rings. The summed E-state index contributed by atoms with van der Waals surface area (Å²) >= 11 is 0. The monoisotopic (exact) mass is 285 g/mol. The molecule has 0 bridgehead atoms. The Bertz CT molecular complexity index is 225. The fourth-order valence-electron chi connectivity index (χ4n) is 3.14. The van der Waals surface area contributed by atoms with Crippen molar-refractivity contribution in [2.45, 2.75) is 58.8 Å². The maximum absolute atomic E-state index is 5.78. The zero-order valence-corrected chi connectivity index (χ0v) is 13.9. The van der Waals surface area contributed by atoms with Crippen molar-refractivity contribution >= 4 is 0 Å². The highest BCUT2D eigenvalue weighted by atomic mass is 16.5. The average molecular weight is 285 g/mol. The molecule has 0 heterocycles. The molecule has 0 aromatic rings. The Balaban J connectivity index is 2.24. The number of hydrogen-bond donors (Lipinski definition) is 1. The molecule has 1 saturated carbocycles. The van der Waals surface area contributed by atoms with E-state index in [0.717, 1.165) is 38.7 Å². The first-order chi connectivity index (χ1) is 9.68. The van der Waals surface area contributed by atoms with Crippen molar-refractivity contribution in [3.05, 3.63) is 0 Å². The highest BCUT2D eigenvalue weighted by Crippen LogP contribution is 2.38. The van der Waals surface area contributed by atoms with Crippen LogP contribution in [0.4, 0.5) is 0 Å². The molecule has 20 heavy (non-hydrogen) atoms. The Hall–Kier alpha value is -0.120. The highest BCUT2D eigenvalue weighted by Gasteiger charge is 2.31. The molecule has 0 radical (unpaired) electrons. The van der Waals surface area contributed by atoms with E-state index in [2.05, 4.69) is 19.2 Å². The van der Waals surface area contributed by atoms with E-state index in [-0.39, 0.29) is 0 Å². The normalized spacial score (nSPS) is 18.6. The number of hydrogen-bond acceptors (Lipinski definition) is 3. The lowest BCUT2D eigenvalue weighted by Crippen LogP contribution is -2.38. The maximum atomic E-state index is 5.78. The second-order valence-electron chi connectivity index (χ2n) is 6.79. The van der Waals surface area contributed by atoms with Crippen LogP contribution in [0, 0.1) is 11.3 Å². The molecule has 0 aromatic heterocycles. The van der Waals surface area contributed by atoms with Crippen LogP contribution in [-0.2, 0) is 9.47 Å². The van der Waals surface area contributed by atoms with Crippen LogP contribution in [0.2, 0.25) is 0 Å². The van der Waals surface area contributed by atoms with E-state index < -0.39 is 0 Å². The van der Waals surface area contributed by atoms with Crippen LogP contribution in [0.15, 0.2) is 0 Å². The molecule has 1 fully saturated rings. The van der Waals surface area contributed by atoms with Gasteiger partial charge in [0.2, 0.25) is 0 Å². The Morgan fingerprint density at radius 2 is 1.80 bits per heavy atom. The third-order valence-corrected chi connectivity index (χ3v) is 4.38. The predicted octanol–water partition coefficient (Wildman–Crippen LogP) is 3.63. The largest absolute Gasteiger partial charge is 0.385 e. The van der Waals surface area contributed by atoms with Gasteiger partial charge in [-0.3, -0.25) is 0 Å². The Labute approximate surface area is 125 Å². The molecule has 1 N–H and O–H groups in total. The zero-order chi connectivity index (χ0) is 14.7. The third kappa shape index (κ3) is 7.61. The van der Waals surface area contributed by atoms with Gasteiger partial charge < -0.3 is 14.8 Å². The summed E-state index contributed by atoms with van der Waals surface area (Å²) in [5.41, 5.74) is 0.494. The van der Waals surface area contributed by atoms with Crippen LogP contribution in [0.5, 0.6) is 0 Å². The Morgan fingerprint density at radius 1 is 1.05 bits per heavy atom. The Morgan fingerprint density at radius 3 is 2.45 bits per heavy atom. The molecule has 3 nitrogen and oxygen atoms in total. The summed E-state index contributed by atoms with van der Waals surface area (Å²) in [4.78, 5) is 0. The quantitative estimate of drug-likeness (QED) is 0.588. The van der Waals surface area contributed by atoms with Crippen LogP contribution in [0.3, 0.4) is 0 Å². The van der Waals surface area contributed by atoms with Gasteiger partial charge in [0.25, 0.3) is 0 Å². The summed E-state index contributed by atoms with van der Waals surface area (Å²) in [5.74, 6) is 0.737. The molecule has 0 aliphatic heterocycles. The van der Waals surface area contributed by atoms with Gasteiger partial charge >= 0.3 is 0 Å². The van der Waals surface area contributed by atoms with Crippen molar-refractivity contribution in [1.29, 1.82) is 0 Å². The predicted molar refractivity (Wildman–Crippen MR) is 85.2 cm³/mol. The average Bonchev–Trinajstić information content (AvgIpc) is 2.43. The van der Waals surface area contributed by atoms with Crippen LogP contribution in [0.1, 0.15) is 58.8 Å². The first-order valence-corrected chi connectivity index (χ1v) is 8.46. The molecule has 3 heteroatoms. The van der Waals surface area contributed by atoms with Gasteiger partial charge in [-0.15, -0.1) is 0 Å². The lowest BCUT2D eigenvalue weighted by molar-refractivity contribution is 0.0610. The molecule has 1 aliphatic carbocycles. The number of ether oxygens (including phenoxy) is 2. The van der Waals surface area contributed by atoms with E-state index in [0.29, 0.717) is 5.41 Å². The van der Waals surface area contributed by atoms with Crippen molar-refractivity contribution < 1.29 is 9.47 Å². The molecular weight excluding hydrogens is 250 g/mol. The number of nitrogens with one attached hydrogen (secondary N) is 1. The molecule has 0 amide bonds.